The quantitative estimate of drug-likeness (QED) is 0.672. The van der Waals surface area contributed by atoms with Gasteiger partial charge in [0.1, 0.15) is 18.0 Å². The SMILES string of the molecule is C#Cc1cc(F)cc(Nc2ncnc3cc(OCC)c(OCC)cc23)c1. The number of anilines is 2. The predicted molar refractivity (Wildman–Crippen MR) is 99.5 cm³/mol. The van der Waals surface area contributed by atoms with E-state index >= 15 is 0 Å². The second kappa shape index (κ2) is 7.70. The molecular weight excluding hydrogens is 333 g/mol. The van der Waals surface area contributed by atoms with Gasteiger partial charge in [0, 0.05) is 22.7 Å². The number of halogens is 1. The standard InChI is InChI=1S/C20H18FN3O2/c1-4-13-7-14(21)9-15(8-13)24-20-16-10-18(25-5-2)19(26-6-3)11-17(16)22-12-23-20/h1,7-12H,5-6H2,2-3H3,(H,22,23,24). The van der Waals surface area contributed by atoms with E-state index in [4.69, 9.17) is 15.9 Å². The van der Waals surface area contributed by atoms with Crippen LogP contribution in [0.5, 0.6) is 11.5 Å². The van der Waals surface area contributed by atoms with Crippen molar-refractivity contribution in [2.45, 2.75) is 13.8 Å². The maximum absolute atomic E-state index is 13.7. The van der Waals surface area contributed by atoms with Crippen LogP contribution in [0.15, 0.2) is 36.7 Å². The van der Waals surface area contributed by atoms with Crippen LogP contribution in [0.25, 0.3) is 10.9 Å². The summed E-state index contributed by atoms with van der Waals surface area (Å²) in [6, 6.07) is 7.94. The van der Waals surface area contributed by atoms with Crippen molar-refractivity contribution in [3.63, 3.8) is 0 Å². The smallest absolute Gasteiger partial charge is 0.163 e. The van der Waals surface area contributed by atoms with Crippen LogP contribution >= 0.6 is 0 Å². The van der Waals surface area contributed by atoms with Crippen molar-refractivity contribution in [2.24, 2.45) is 0 Å². The fourth-order valence-corrected chi connectivity index (χ4v) is 2.58. The van der Waals surface area contributed by atoms with Gasteiger partial charge in [0.15, 0.2) is 11.5 Å². The summed E-state index contributed by atoms with van der Waals surface area (Å²) in [5, 5.41) is 3.83. The van der Waals surface area contributed by atoms with Crippen LogP contribution in [0.1, 0.15) is 19.4 Å². The van der Waals surface area contributed by atoms with Gasteiger partial charge in [0.25, 0.3) is 0 Å². The molecule has 0 aliphatic heterocycles. The maximum atomic E-state index is 13.7. The zero-order valence-electron chi connectivity index (χ0n) is 14.5. The molecule has 0 bridgehead atoms. The number of terminal acetylenes is 1. The van der Waals surface area contributed by atoms with E-state index in [1.165, 1.54) is 18.5 Å². The van der Waals surface area contributed by atoms with Crippen LogP contribution in [0.4, 0.5) is 15.9 Å². The van der Waals surface area contributed by atoms with Gasteiger partial charge in [-0.3, -0.25) is 0 Å². The molecule has 6 heteroatoms. The number of ether oxygens (including phenoxy) is 2. The molecule has 3 rings (SSSR count). The van der Waals surface area contributed by atoms with Gasteiger partial charge in [-0.1, -0.05) is 5.92 Å². The fraction of sp³-hybridized carbons (Fsp3) is 0.200. The van der Waals surface area contributed by atoms with Gasteiger partial charge in [0.2, 0.25) is 0 Å². The second-order valence-corrected chi connectivity index (χ2v) is 5.40. The Bertz CT molecular complexity index is 983. The Kier molecular flexibility index (Phi) is 5.18. The average Bonchev–Trinajstić information content (AvgIpc) is 2.62. The average molecular weight is 351 g/mol. The predicted octanol–water partition coefficient (Wildman–Crippen LogP) is 4.29. The third-order valence-electron chi connectivity index (χ3n) is 3.63. The number of hydrogen-bond donors (Lipinski definition) is 1. The number of hydrogen-bond acceptors (Lipinski definition) is 5. The fourth-order valence-electron chi connectivity index (χ4n) is 2.58. The summed E-state index contributed by atoms with van der Waals surface area (Å²) >= 11 is 0. The number of rotatable bonds is 6. The minimum Gasteiger partial charge on any atom is -0.490 e. The van der Waals surface area contributed by atoms with Crippen molar-refractivity contribution in [3.8, 4) is 23.8 Å². The molecule has 1 aromatic heterocycles. The highest BCUT2D eigenvalue weighted by Gasteiger charge is 2.12. The Labute approximate surface area is 151 Å². The largest absolute Gasteiger partial charge is 0.490 e. The Morgan fingerprint density at radius 3 is 2.46 bits per heavy atom. The topological polar surface area (TPSA) is 56.3 Å². The summed E-state index contributed by atoms with van der Waals surface area (Å²) in [4.78, 5) is 8.56. The molecule has 0 spiro atoms. The molecule has 0 aliphatic carbocycles. The molecule has 0 amide bonds. The molecule has 3 aromatic rings. The number of nitrogens with zero attached hydrogens (tertiary/aromatic N) is 2. The number of benzene rings is 2. The van der Waals surface area contributed by atoms with Crippen LogP contribution in [-0.4, -0.2) is 23.2 Å². The highest BCUT2D eigenvalue weighted by Crippen LogP contribution is 2.35. The van der Waals surface area contributed by atoms with E-state index in [9.17, 15) is 4.39 Å². The molecule has 0 fully saturated rings. The third kappa shape index (κ3) is 3.67. The lowest BCUT2D eigenvalue weighted by atomic mass is 10.1. The van der Waals surface area contributed by atoms with Crippen LogP contribution in [-0.2, 0) is 0 Å². The summed E-state index contributed by atoms with van der Waals surface area (Å²) in [5.74, 6) is 3.75. The first-order chi connectivity index (χ1) is 12.6. The molecule has 1 heterocycles. The minimum absolute atomic E-state index is 0.421. The molecule has 0 unspecified atom stereocenters. The lowest BCUT2D eigenvalue weighted by molar-refractivity contribution is 0.288. The van der Waals surface area contributed by atoms with Crippen LogP contribution in [0.3, 0.4) is 0 Å². The van der Waals surface area contributed by atoms with E-state index in [-0.39, 0.29) is 0 Å². The number of nitrogens with one attached hydrogen (secondary N) is 1. The van der Waals surface area contributed by atoms with Crippen LogP contribution < -0.4 is 14.8 Å². The van der Waals surface area contributed by atoms with Gasteiger partial charge in [-0.25, -0.2) is 14.4 Å². The number of aromatic nitrogens is 2. The van der Waals surface area contributed by atoms with Gasteiger partial charge in [0.05, 0.1) is 18.7 Å². The zero-order chi connectivity index (χ0) is 18.5. The highest BCUT2D eigenvalue weighted by atomic mass is 19.1. The van der Waals surface area contributed by atoms with Gasteiger partial charge < -0.3 is 14.8 Å². The number of fused-ring (bicyclic) bond motifs is 1. The van der Waals surface area contributed by atoms with E-state index in [1.54, 1.807) is 12.1 Å². The molecule has 0 saturated heterocycles. The highest BCUT2D eigenvalue weighted by molar-refractivity contribution is 5.93. The minimum atomic E-state index is -0.421. The van der Waals surface area contributed by atoms with Crippen molar-refractivity contribution < 1.29 is 13.9 Å². The summed E-state index contributed by atoms with van der Waals surface area (Å²) in [7, 11) is 0. The van der Waals surface area contributed by atoms with E-state index < -0.39 is 5.82 Å². The molecule has 0 radical (unpaired) electrons. The van der Waals surface area contributed by atoms with Crippen LogP contribution in [0, 0.1) is 18.2 Å². The molecule has 5 nitrogen and oxygen atoms in total. The lowest BCUT2D eigenvalue weighted by Gasteiger charge is -2.14. The third-order valence-corrected chi connectivity index (χ3v) is 3.63. The Morgan fingerprint density at radius 1 is 1.04 bits per heavy atom. The van der Waals surface area contributed by atoms with E-state index in [0.717, 1.165) is 5.39 Å². The van der Waals surface area contributed by atoms with Crippen molar-refractivity contribution in [1.29, 1.82) is 0 Å². The monoisotopic (exact) mass is 351 g/mol. The van der Waals surface area contributed by atoms with Gasteiger partial charge in [-0.15, -0.1) is 6.42 Å². The summed E-state index contributed by atoms with van der Waals surface area (Å²) in [6.07, 6.45) is 6.80. The van der Waals surface area contributed by atoms with Gasteiger partial charge >= 0.3 is 0 Å². The van der Waals surface area contributed by atoms with E-state index in [1.807, 2.05) is 19.9 Å². The van der Waals surface area contributed by atoms with Gasteiger partial charge in [-0.2, -0.15) is 0 Å². The lowest BCUT2D eigenvalue weighted by Crippen LogP contribution is -2.01. The first-order valence-electron chi connectivity index (χ1n) is 8.23. The Hall–Kier alpha value is -3.33. The zero-order valence-corrected chi connectivity index (χ0v) is 14.5. The summed E-state index contributed by atoms with van der Waals surface area (Å²) < 4.78 is 25.0. The summed E-state index contributed by atoms with van der Waals surface area (Å²) in [6.45, 7) is 4.81. The Morgan fingerprint density at radius 2 is 1.77 bits per heavy atom. The first kappa shape index (κ1) is 17.5. The van der Waals surface area contributed by atoms with E-state index in [2.05, 4.69) is 21.2 Å². The van der Waals surface area contributed by atoms with Crippen molar-refractivity contribution in [1.82, 2.24) is 9.97 Å². The molecule has 132 valence electrons. The van der Waals surface area contributed by atoms with Crippen molar-refractivity contribution >= 4 is 22.4 Å². The maximum Gasteiger partial charge on any atom is 0.163 e. The molecule has 26 heavy (non-hydrogen) atoms. The molecule has 0 atom stereocenters. The van der Waals surface area contributed by atoms with Crippen molar-refractivity contribution in [2.75, 3.05) is 18.5 Å². The molecule has 1 N–H and O–H groups in total. The second-order valence-electron chi connectivity index (χ2n) is 5.40. The van der Waals surface area contributed by atoms with Gasteiger partial charge in [-0.05, 0) is 38.1 Å². The normalized spacial score (nSPS) is 10.4. The Balaban J connectivity index is 2.07. The molecular formula is C20H18FN3O2. The van der Waals surface area contributed by atoms with Crippen LogP contribution in [0.2, 0.25) is 0 Å². The first-order valence-corrected chi connectivity index (χ1v) is 8.23. The summed E-state index contributed by atoms with van der Waals surface area (Å²) in [5.41, 5.74) is 1.63. The van der Waals surface area contributed by atoms with Crippen molar-refractivity contribution in [3.05, 3.63) is 48.0 Å². The van der Waals surface area contributed by atoms with E-state index in [0.29, 0.717) is 47.3 Å². The molecule has 0 saturated carbocycles. The molecule has 0 aliphatic rings. The molecule has 2 aromatic carbocycles.